The minimum absolute atomic E-state index is 0.0418. The van der Waals surface area contributed by atoms with Gasteiger partial charge in [0.25, 0.3) is 0 Å². The molecule has 0 spiro atoms. The molecule has 0 saturated heterocycles. The van der Waals surface area contributed by atoms with Gasteiger partial charge >= 0.3 is 0 Å². The zero-order valence-corrected chi connectivity index (χ0v) is 13.4. The summed E-state index contributed by atoms with van der Waals surface area (Å²) >= 11 is 6.15. The number of amides is 2. The van der Waals surface area contributed by atoms with Crippen LogP contribution in [0.4, 0.5) is 5.69 Å². The molecule has 6 heteroatoms. The van der Waals surface area contributed by atoms with Crippen molar-refractivity contribution in [2.75, 3.05) is 26.0 Å². The SMILES string of the molecule is C=CC(=O)N(C)CC(=O)Nc1cc(OC)c(Cl)cc1C1CC1. The number of hydrogen-bond donors (Lipinski definition) is 1. The van der Waals surface area contributed by atoms with Gasteiger partial charge in [-0.25, -0.2) is 0 Å². The van der Waals surface area contributed by atoms with Crippen molar-refractivity contribution in [3.8, 4) is 5.75 Å². The van der Waals surface area contributed by atoms with E-state index in [1.54, 1.807) is 13.1 Å². The van der Waals surface area contributed by atoms with E-state index in [9.17, 15) is 9.59 Å². The van der Waals surface area contributed by atoms with Crippen molar-refractivity contribution in [1.29, 1.82) is 0 Å². The van der Waals surface area contributed by atoms with E-state index in [4.69, 9.17) is 16.3 Å². The predicted octanol–water partition coefficient (Wildman–Crippen LogP) is 2.81. The fourth-order valence-electron chi connectivity index (χ4n) is 2.20. The van der Waals surface area contributed by atoms with Gasteiger partial charge in [0, 0.05) is 18.8 Å². The number of rotatable bonds is 6. The molecule has 5 nitrogen and oxygen atoms in total. The molecule has 2 rings (SSSR count). The third kappa shape index (κ3) is 3.80. The largest absolute Gasteiger partial charge is 0.495 e. The first-order valence-electron chi connectivity index (χ1n) is 7.01. The Morgan fingerprint density at radius 2 is 2.18 bits per heavy atom. The lowest BCUT2D eigenvalue weighted by Gasteiger charge is -2.17. The first kappa shape index (κ1) is 16.4. The molecular weight excluding hydrogens is 304 g/mol. The van der Waals surface area contributed by atoms with Crippen LogP contribution in [0.2, 0.25) is 5.02 Å². The van der Waals surface area contributed by atoms with Gasteiger partial charge in [-0.3, -0.25) is 9.59 Å². The Bertz CT molecular complexity index is 612. The van der Waals surface area contributed by atoms with Crippen molar-refractivity contribution in [2.24, 2.45) is 0 Å². The van der Waals surface area contributed by atoms with Gasteiger partial charge in [0.15, 0.2) is 0 Å². The summed E-state index contributed by atoms with van der Waals surface area (Å²) < 4.78 is 5.20. The van der Waals surface area contributed by atoms with Crippen LogP contribution in [0.1, 0.15) is 24.3 Å². The lowest BCUT2D eigenvalue weighted by molar-refractivity contribution is -0.129. The summed E-state index contributed by atoms with van der Waals surface area (Å²) in [4.78, 5) is 24.8. The Balaban J connectivity index is 2.15. The highest BCUT2D eigenvalue weighted by Gasteiger charge is 2.28. The van der Waals surface area contributed by atoms with E-state index in [-0.39, 0.29) is 18.4 Å². The van der Waals surface area contributed by atoms with Crippen molar-refractivity contribution in [3.63, 3.8) is 0 Å². The van der Waals surface area contributed by atoms with Crippen molar-refractivity contribution >= 4 is 29.1 Å². The van der Waals surface area contributed by atoms with Crippen molar-refractivity contribution < 1.29 is 14.3 Å². The number of benzene rings is 1. The lowest BCUT2D eigenvalue weighted by Crippen LogP contribution is -2.33. The van der Waals surface area contributed by atoms with Gasteiger partial charge in [-0.1, -0.05) is 18.2 Å². The molecule has 1 aliphatic carbocycles. The average molecular weight is 323 g/mol. The summed E-state index contributed by atoms with van der Waals surface area (Å²) in [5.74, 6) is 0.360. The van der Waals surface area contributed by atoms with Gasteiger partial charge in [-0.15, -0.1) is 0 Å². The number of methoxy groups -OCH3 is 1. The molecule has 0 aliphatic heterocycles. The summed E-state index contributed by atoms with van der Waals surface area (Å²) in [6.07, 6.45) is 3.34. The molecule has 0 unspecified atom stereocenters. The smallest absolute Gasteiger partial charge is 0.246 e. The second-order valence-electron chi connectivity index (χ2n) is 5.29. The van der Waals surface area contributed by atoms with Crippen LogP contribution in [-0.4, -0.2) is 37.4 Å². The molecule has 1 aliphatic rings. The molecular formula is C16H19ClN2O3. The minimum atomic E-state index is -0.300. The van der Waals surface area contributed by atoms with Gasteiger partial charge in [0.05, 0.1) is 18.7 Å². The van der Waals surface area contributed by atoms with E-state index in [0.29, 0.717) is 22.4 Å². The third-order valence-electron chi connectivity index (χ3n) is 3.55. The molecule has 0 heterocycles. The Hall–Kier alpha value is -2.01. The fraction of sp³-hybridized carbons (Fsp3) is 0.375. The van der Waals surface area contributed by atoms with E-state index in [2.05, 4.69) is 11.9 Å². The van der Waals surface area contributed by atoms with Crippen LogP contribution in [0, 0.1) is 0 Å². The molecule has 0 bridgehead atoms. The molecule has 118 valence electrons. The number of hydrogen-bond acceptors (Lipinski definition) is 3. The van der Waals surface area contributed by atoms with Crippen LogP contribution in [0.15, 0.2) is 24.8 Å². The third-order valence-corrected chi connectivity index (χ3v) is 3.84. The number of nitrogens with zero attached hydrogens (tertiary/aromatic N) is 1. The van der Waals surface area contributed by atoms with Crippen molar-refractivity contribution in [2.45, 2.75) is 18.8 Å². The van der Waals surface area contributed by atoms with E-state index in [1.165, 1.54) is 18.1 Å². The summed E-state index contributed by atoms with van der Waals surface area (Å²) in [7, 11) is 3.08. The van der Waals surface area contributed by atoms with Crippen LogP contribution in [0.5, 0.6) is 5.75 Å². The highest BCUT2D eigenvalue weighted by atomic mass is 35.5. The van der Waals surface area contributed by atoms with Crippen molar-refractivity contribution in [3.05, 3.63) is 35.4 Å². The molecule has 1 N–H and O–H groups in total. The fourth-order valence-corrected chi connectivity index (χ4v) is 2.45. The summed E-state index contributed by atoms with van der Waals surface area (Å²) in [5, 5.41) is 3.37. The highest BCUT2D eigenvalue weighted by molar-refractivity contribution is 6.32. The van der Waals surface area contributed by atoms with E-state index in [0.717, 1.165) is 18.4 Å². The van der Waals surface area contributed by atoms with Gasteiger partial charge < -0.3 is 15.0 Å². The first-order chi connectivity index (χ1) is 10.5. The summed E-state index contributed by atoms with van der Waals surface area (Å²) in [5.41, 5.74) is 1.70. The first-order valence-corrected chi connectivity index (χ1v) is 7.38. The minimum Gasteiger partial charge on any atom is -0.495 e. The molecule has 1 fully saturated rings. The predicted molar refractivity (Wildman–Crippen MR) is 86.4 cm³/mol. The molecule has 0 atom stereocenters. The zero-order chi connectivity index (χ0) is 16.3. The molecule has 1 saturated carbocycles. The maximum Gasteiger partial charge on any atom is 0.246 e. The molecule has 1 aromatic rings. The van der Waals surface area contributed by atoms with Crippen LogP contribution < -0.4 is 10.1 Å². The molecule has 1 aromatic carbocycles. The number of nitrogens with one attached hydrogen (secondary N) is 1. The normalized spacial score (nSPS) is 13.4. The molecule has 0 aromatic heterocycles. The monoisotopic (exact) mass is 322 g/mol. The van der Waals surface area contributed by atoms with E-state index < -0.39 is 0 Å². The van der Waals surface area contributed by atoms with Gasteiger partial charge in [0.1, 0.15) is 5.75 Å². The Morgan fingerprint density at radius 3 is 2.73 bits per heavy atom. The second kappa shape index (κ2) is 6.83. The number of carbonyl (C=O) groups excluding carboxylic acids is 2. The van der Waals surface area contributed by atoms with Gasteiger partial charge in [-0.05, 0) is 36.5 Å². The number of halogens is 1. The van der Waals surface area contributed by atoms with Crippen molar-refractivity contribution in [1.82, 2.24) is 4.90 Å². The van der Waals surface area contributed by atoms with Crippen LogP contribution >= 0.6 is 11.6 Å². The van der Waals surface area contributed by atoms with Crippen LogP contribution in [-0.2, 0) is 9.59 Å². The second-order valence-corrected chi connectivity index (χ2v) is 5.70. The zero-order valence-electron chi connectivity index (χ0n) is 12.7. The quantitative estimate of drug-likeness (QED) is 0.819. The van der Waals surface area contributed by atoms with Gasteiger partial charge in [-0.2, -0.15) is 0 Å². The number of ether oxygens (including phenoxy) is 1. The van der Waals surface area contributed by atoms with E-state index >= 15 is 0 Å². The summed E-state index contributed by atoms with van der Waals surface area (Å²) in [6, 6.07) is 3.56. The van der Waals surface area contributed by atoms with E-state index in [1.807, 2.05) is 6.07 Å². The number of likely N-dealkylation sites (N-methyl/N-ethyl adjacent to an activating group) is 1. The Kier molecular flexibility index (Phi) is 5.08. The van der Waals surface area contributed by atoms with Gasteiger partial charge in [0.2, 0.25) is 11.8 Å². The Morgan fingerprint density at radius 1 is 1.50 bits per heavy atom. The maximum atomic E-state index is 12.1. The standard InChI is InChI=1S/C16H19ClN2O3/c1-4-16(21)19(2)9-15(20)18-13-8-14(22-3)12(17)7-11(13)10-5-6-10/h4,7-8,10H,1,5-6,9H2,2-3H3,(H,18,20). The Labute approximate surface area is 134 Å². The number of anilines is 1. The molecule has 22 heavy (non-hydrogen) atoms. The highest BCUT2D eigenvalue weighted by Crippen LogP contribution is 2.46. The van der Waals surface area contributed by atoms with Crippen LogP contribution in [0.3, 0.4) is 0 Å². The number of carbonyl (C=O) groups is 2. The summed E-state index contributed by atoms with van der Waals surface area (Å²) in [6.45, 7) is 3.36. The lowest BCUT2D eigenvalue weighted by atomic mass is 10.1. The van der Waals surface area contributed by atoms with Crippen LogP contribution in [0.25, 0.3) is 0 Å². The topological polar surface area (TPSA) is 58.6 Å². The molecule has 0 radical (unpaired) electrons. The molecule has 2 amide bonds. The maximum absolute atomic E-state index is 12.1. The average Bonchev–Trinajstić information content (AvgIpc) is 3.32.